The van der Waals surface area contributed by atoms with Gasteiger partial charge in [-0.2, -0.15) is 0 Å². The van der Waals surface area contributed by atoms with Gasteiger partial charge in [0.25, 0.3) is 0 Å². The van der Waals surface area contributed by atoms with E-state index in [4.69, 9.17) is 9.47 Å². The number of aryl methyl sites for hydroxylation is 3. The van der Waals surface area contributed by atoms with Crippen molar-refractivity contribution in [3.05, 3.63) is 99.6 Å². The molecule has 0 unspecified atom stereocenters. The van der Waals surface area contributed by atoms with Crippen molar-refractivity contribution < 1.29 is 14.3 Å². The van der Waals surface area contributed by atoms with Crippen LogP contribution < -0.4 is 9.47 Å². The van der Waals surface area contributed by atoms with Gasteiger partial charge in [-0.05, 0) is 67.2 Å². The largest absolute Gasteiger partial charge is 0.496 e. The molecule has 0 radical (unpaired) electrons. The van der Waals surface area contributed by atoms with Gasteiger partial charge in [-0.25, -0.2) is 0 Å². The Bertz CT molecular complexity index is 1100. The van der Waals surface area contributed by atoms with Crippen molar-refractivity contribution >= 4 is 11.9 Å². The number of benzene rings is 3. The summed E-state index contributed by atoms with van der Waals surface area (Å²) < 4.78 is 11.7. The van der Waals surface area contributed by atoms with Crippen molar-refractivity contribution in [3.63, 3.8) is 0 Å². The van der Waals surface area contributed by atoms with Crippen LogP contribution in [0.15, 0.2) is 66.2 Å². The van der Waals surface area contributed by atoms with Crippen LogP contribution in [0.25, 0.3) is 6.08 Å². The van der Waals surface area contributed by atoms with Gasteiger partial charge in [0.05, 0.1) is 7.11 Å². The molecule has 0 bridgehead atoms. The number of ketones is 1. The number of carbonyl (C=O) groups excluding carboxylic acids is 1. The van der Waals surface area contributed by atoms with Gasteiger partial charge >= 0.3 is 0 Å². The highest BCUT2D eigenvalue weighted by molar-refractivity contribution is 6.13. The fourth-order valence-electron chi connectivity index (χ4n) is 4.03. The molecule has 0 aliphatic heterocycles. The van der Waals surface area contributed by atoms with E-state index in [0.29, 0.717) is 6.61 Å². The van der Waals surface area contributed by atoms with E-state index >= 15 is 0 Å². The molecule has 0 saturated carbocycles. The lowest BCUT2D eigenvalue weighted by Gasteiger charge is -2.18. The Labute approximate surface area is 178 Å². The lowest BCUT2D eigenvalue weighted by Crippen LogP contribution is -2.13. The first-order valence-electron chi connectivity index (χ1n) is 10.3. The molecule has 0 aromatic heterocycles. The minimum absolute atomic E-state index is 0.126. The number of methoxy groups -OCH3 is 1. The van der Waals surface area contributed by atoms with Crippen LogP contribution in [0.2, 0.25) is 0 Å². The standard InChI is InChI=1S/C27H26O3/c1-18-7-6-8-19(2)27(18)30-17-23-16-20(11-14-25(23)29-3)15-22-13-12-21-9-4-5-10-24(21)26(22)28/h4-11,14-16H,12-13,17H2,1-3H3/b22-15+. The quantitative estimate of drug-likeness (QED) is 0.487. The van der Waals surface area contributed by atoms with E-state index < -0.39 is 0 Å². The van der Waals surface area contributed by atoms with Crippen molar-refractivity contribution in [2.75, 3.05) is 7.11 Å². The number of allylic oxidation sites excluding steroid dienone is 1. The topological polar surface area (TPSA) is 35.5 Å². The summed E-state index contributed by atoms with van der Waals surface area (Å²) in [5.74, 6) is 1.81. The van der Waals surface area contributed by atoms with Gasteiger partial charge in [-0.3, -0.25) is 4.79 Å². The minimum Gasteiger partial charge on any atom is -0.496 e. The number of carbonyl (C=O) groups is 1. The number of rotatable bonds is 5. The zero-order valence-electron chi connectivity index (χ0n) is 17.7. The molecule has 3 nitrogen and oxygen atoms in total. The second-order valence-electron chi connectivity index (χ2n) is 7.74. The highest BCUT2D eigenvalue weighted by Gasteiger charge is 2.21. The molecule has 0 saturated heterocycles. The Morgan fingerprint density at radius 1 is 0.933 bits per heavy atom. The van der Waals surface area contributed by atoms with Crippen molar-refractivity contribution in [2.24, 2.45) is 0 Å². The van der Waals surface area contributed by atoms with Crippen molar-refractivity contribution in [1.82, 2.24) is 0 Å². The summed E-state index contributed by atoms with van der Waals surface area (Å²) in [4.78, 5) is 12.9. The Balaban J connectivity index is 1.60. The first kappa shape index (κ1) is 20.0. The predicted octanol–water partition coefficient (Wildman–Crippen LogP) is 6.10. The van der Waals surface area contributed by atoms with Crippen LogP contribution in [-0.4, -0.2) is 12.9 Å². The zero-order chi connectivity index (χ0) is 21.1. The molecule has 0 amide bonds. The molecule has 0 atom stereocenters. The first-order valence-corrected chi connectivity index (χ1v) is 10.3. The SMILES string of the molecule is COc1ccc(/C=C2\CCc3ccccc3C2=O)cc1COc1c(C)cccc1C. The average molecular weight is 399 g/mol. The maximum absolute atomic E-state index is 12.9. The lowest BCUT2D eigenvalue weighted by molar-refractivity contribution is 0.102. The summed E-state index contributed by atoms with van der Waals surface area (Å²) in [7, 11) is 1.66. The Kier molecular flexibility index (Phi) is 5.71. The molecule has 30 heavy (non-hydrogen) atoms. The molecule has 3 aromatic carbocycles. The second-order valence-corrected chi connectivity index (χ2v) is 7.74. The summed E-state index contributed by atoms with van der Waals surface area (Å²) in [6, 6.07) is 20.0. The van der Waals surface area contributed by atoms with E-state index in [1.807, 2.05) is 80.6 Å². The first-order chi connectivity index (χ1) is 14.6. The molecule has 0 fully saturated rings. The lowest BCUT2D eigenvalue weighted by atomic mass is 9.86. The van der Waals surface area contributed by atoms with Crippen molar-refractivity contribution in [2.45, 2.75) is 33.3 Å². The Morgan fingerprint density at radius 2 is 1.70 bits per heavy atom. The molecule has 152 valence electrons. The van der Waals surface area contributed by atoms with E-state index in [2.05, 4.69) is 0 Å². The fraction of sp³-hybridized carbons (Fsp3) is 0.222. The molecule has 1 aliphatic carbocycles. The number of hydrogen-bond acceptors (Lipinski definition) is 3. The molecule has 4 rings (SSSR count). The smallest absolute Gasteiger partial charge is 0.189 e. The monoisotopic (exact) mass is 398 g/mol. The van der Waals surface area contributed by atoms with Gasteiger partial charge in [-0.1, -0.05) is 48.5 Å². The normalized spacial score (nSPS) is 14.5. The van der Waals surface area contributed by atoms with Gasteiger partial charge < -0.3 is 9.47 Å². The van der Waals surface area contributed by atoms with E-state index in [1.54, 1.807) is 7.11 Å². The number of fused-ring (bicyclic) bond motifs is 1. The van der Waals surface area contributed by atoms with Crippen molar-refractivity contribution in [1.29, 1.82) is 0 Å². The van der Waals surface area contributed by atoms with Gasteiger partial charge in [0.1, 0.15) is 18.1 Å². The predicted molar refractivity (Wildman–Crippen MR) is 120 cm³/mol. The average Bonchev–Trinajstić information content (AvgIpc) is 2.76. The summed E-state index contributed by atoms with van der Waals surface area (Å²) in [6.45, 7) is 4.50. The van der Waals surface area contributed by atoms with E-state index in [9.17, 15) is 4.79 Å². The maximum atomic E-state index is 12.9. The van der Waals surface area contributed by atoms with Crippen LogP contribution in [0.1, 0.15) is 44.6 Å². The third-order valence-electron chi connectivity index (χ3n) is 5.64. The van der Waals surface area contributed by atoms with Gasteiger partial charge in [0, 0.05) is 16.7 Å². The van der Waals surface area contributed by atoms with E-state index in [1.165, 1.54) is 0 Å². The van der Waals surface area contributed by atoms with Crippen LogP contribution in [0, 0.1) is 13.8 Å². The fourth-order valence-corrected chi connectivity index (χ4v) is 4.03. The number of para-hydroxylation sites is 1. The third-order valence-corrected chi connectivity index (χ3v) is 5.64. The molecule has 0 heterocycles. The van der Waals surface area contributed by atoms with Gasteiger partial charge in [-0.15, -0.1) is 0 Å². The summed E-state index contributed by atoms with van der Waals surface area (Å²) in [6.07, 6.45) is 3.66. The molecular formula is C27H26O3. The summed E-state index contributed by atoms with van der Waals surface area (Å²) in [5.41, 5.74) is 6.97. The number of Topliss-reactive ketones (excluding diaryl/α,β-unsaturated/α-hetero) is 1. The van der Waals surface area contributed by atoms with Crippen LogP contribution in [0.4, 0.5) is 0 Å². The van der Waals surface area contributed by atoms with Crippen LogP contribution in [0.5, 0.6) is 11.5 Å². The second kappa shape index (κ2) is 8.58. The number of hydrogen-bond donors (Lipinski definition) is 0. The van der Waals surface area contributed by atoms with Crippen LogP contribution >= 0.6 is 0 Å². The Morgan fingerprint density at radius 3 is 2.47 bits per heavy atom. The molecule has 1 aliphatic rings. The maximum Gasteiger partial charge on any atom is 0.189 e. The van der Waals surface area contributed by atoms with E-state index in [0.717, 1.165) is 63.3 Å². The van der Waals surface area contributed by atoms with Crippen LogP contribution in [-0.2, 0) is 13.0 Å². The minimum atomic E-state index is 0.126. The highest BCUT2D eigenvalue weighted by atomic mass is 16.5. The van der Waals surface area contributed by atoms with E-state index in [-0.39, 0.29) is 5.78 Å². The summed E-state index contributed by atoms with van der Waals surface area (Å²) >= 11 is 0. The molecule has 0 spiro atoms. The van der Waals surface area contributed by atoms with Crippen LogP contribution in [0.3, 0.4) is 0 Å². The molecular weight excluding hydrogens is 372 g/mol. The molecule has 0 N–H and O–H groups in total. The third kappa shape index (κ3) is 4.02. The summed E-state index contributed by atoms with van der Waals surface area (Å²) in [5, 5.41) is 0. The zero-order valence-corrected chi connectivity index (χ0v) is 17.7. The highest BCUT2D eigenvalue weighted by Crippen LogP contribution is 2.29. The van der Waals surface area contributed by atoms with Gasteiger partial charge in [0.2, 0.25) is 0 Å². The Hall–Kier alpha value is -3.33. The van der Waals surface area contributed by atoms with Gasteiger partial charge in [0.15, 0.2) is 5.78 Å². The molecule has 3 heteroatoms. The number of ether oxygens (including phenoxy) is 2. The molecule has 3 aromatic rings. The van der Waals surface area contributed by atoms with Crippen molar-refractivity contribution in [3.8, 4) is 11.5 Å².